The molecule has 0 spiro atoms. The topological polar surface area (TPSA) is 0 Å². The Morgan fingerprint density at radius 3 is 1.44 bits per heavy atom. The Hall–Kier alpha value is 0.799. The van der Waals surface area contributed by atoms with Crippen molar-refractivity contribution < 1.29 is 0 Å². The molecule has 0 aromatic carbocycles. The monoisotopic (exact) mass is 234 g/mol. The zero-order chi connectivity index (χ0) is 7.28. The van der Waals surface area contributed by atoms with Gasteiger partial charge in [-0.3, -0.25) is 0 Å². The van der Waals surface area contributed by atoms with Crippen molar-refractivity contribution in [3.05, 3.63) is 0 Å². The van der Waals surface area contributed by atoms with Crippen LogP contribution in [0.5, 0.6) is 0 Å². The summed E-state index contributed by atoms with van der Waals surface area (Å²) in [4.78, 5) is 0. The molecule has 0 atom stereocenters. The summed E-state index contributed by atoms with van der Waals surface area (Å²) in [5.74, 6) is 1.94. The first-order valence-electron chi connectivity index (χ1n) is 3.83. The first-order chi connectivity index (χ1) is 4.13. The molecule has 0 rings (SSSR count). The quantitative estimate of drug-likeness (QED) is 0.655. The molecule has 0 aliphatic rings. The third kappa shape index (κ3) is 8.80. The standard InChI is InChI=1S/2C4H9.Sn/c2*1-4(2)3;/h2*4H,1H2,2-3H3;/q;;+2. The van der Waals surface area contributed by atoms with Crippen molar-refractivity contribution in [3.8, 4) is 0 Å². The third-order valence-electron chi connectivity index (χ3n) is 1.11. The van der Waals surface area contributed by atoms with Crippen LogP contribution in [-0.4, -0.2) is 21.1 Å². The summed E-state index contributed by atoms with van der Waals surface area (Å²) in [6.07, 6.45) is 0. The van der Waals surface area contributed by atoms with Crippen LogP contribution in [0.1, 0.15) is 27.7 Å². The first-order valence-corrected chi connectivity index (χ1v) is 7.87. The fourth-order valence-electron chi connectivity index (χ4n) is 0.661. The van der Waals surface area contributed by atoms with Crippen molar-refractivity contribution in [1.29, 1.82) is 0 Å². The Bertz CT molecular complexity index is 49.6. The van der Waals surface area contributed by atoms with Gasteiger partial charge in [-0.15, -0.1) is 0 Å². The van der Waals surface area contributed by atoms with E-state index in [4.69, 9.17) is 0 Å². The number of hydrogen-bond donors (Lipinski definition) is 0. The van der Waals surface area contributed by atoms with Gasteiger partial charge in [0.2, 0.25) is 0 Å². The zero-order valence-electron chi connectivity index (χ0n) is 7.07. The second-order valence-corrected chi connectivity index (χ2v) is 7.20. The molecule has 0 saturated carbocycles. The fourth-order valence-corrected chi connectivity index (χ4v) is 4.43. The summed E-state index contributed by atoms with van der Waals surface area (Å²) in [7, 11) is 0. The van der Waals surface area contributed by atoms with E-state index in [-0.39, 0.29) is 21.1 Å². The summed E-state index contributed by atoms with van der Waals surface area (Å²) in [6.45, 7) is 9.34. The maximum absolute atomic E-state index is 2.33. The molecule has 0 N–H and O–H groups in total. The van der Waals surface area contributed by atoms with Gasteiger partial charge < -0.3 is 0 Å². The Morgan fingerprint density at radius 1 is 0.889 bits per heavy atom. The molecule has 9 heavy (non-hydrogen) atoms. The van der Waals surface area contributed by atoms with Gasteiger partial charge in [0.05, 0.1) is 0 Å². The molecular weight excluding hydrogens is 215 g/mol. The predicted molar refractivity (Wildman–Crippen MR) is 45.0 cm³/mol. The third-order valence-corrected chi connectivity index (χ3v) is 7.41. The second-order valence-electron chi connectivity index (χ2n) is 3.45. The molecule has 0 aliphatic carbocycles. The minimum atomic E-state index is 0.0709. The molecule has 0 aromatic rings. The Balaban J connectivity index is 2.91. The van der Waals surface area contributed by atoms with Gasteiger partial charge >= 0.3 is 69.5 Å². The van der Waals surface area contributed by atoms with Crippen LogP contribution >= 0.6 is 0 Å². The Kier molecular flexibility index (Phi) is 6.07. The van der Waals surface area contributed by atoms with Gasteiger partial charge in [0.25, 0.3) is 0 Å². The average molecular weight is 233 g/mol. The van der Waals surface area contributed by atoms with E-state index < -0.39 is 0 Å². The van der Waals surface area contributed by atoms with E-state index in [9.17, 15) is 0 Å². The molecule has 0 heterocycles. The van der Waals surface area contributed by atoms with E-state index >= 15 is 0 Å². The van der Waals surface area contributed by atoms with Crippen molar-refractivity contribution in [3.63, 3.8) is 0 Å². The Morgan fingerprint density at radius 2 is 1.22 bits per heavy atom. The van der Waals surface area contributed by atoms with Crippen LogP contribution in [0.15, 0.2) is 0 Å². The summed E-state index contributed by atoms with van der Waals surface area (Å²) >= 11 is 0.0709. The molecule has 52 valence electrons. The van der Waals surface area contributed by atoms with Crippen LogP contribution in [0.3, 0.4) is 0 Å². The SMILES string of the molecule is CC(C)[CH2][Sn+2][CH2]C(C)C. The summed E-state index contributed by atoms with van der Waals surface area (Å²) in [5, 5.41) is 0. The Labute approximate surface area is 69.6 Å². The molecule has 0 nitrogen and oxygen atoms in total. The van der Waals surface area contributed by atoms with Crippen molar-refractivity contribution in [2.75, 3.05) is 0 Å². The summed E-state index contributed by atoms with van der Waals surface area (Å²) < 4.78 is 3.14. The van der Waals surface area contributed by atoms with Gasteiger partial charge in [-0.1, -0.05) is 0 Å². The van der Waals surface area contributed by atoms with Gasteiger partial charge in [-0.2, -0.15) is 0 Å². The van der Waals surface area contributed by atoms with Gasteiger partial charge in [-0.05, 0) is 0 Å². The van der Waals surface area contributed by atoms with Gasteiger partial charge in [0.15, 0.2) is 0 Å². The van der Waals surface area contributed by atoms with Crippen molar-refractivity contribution in [2.24, 2.45) is 11.8 Å². The second kappa shape index (κ2) is 5.57. The predicted octanol–water partition coefficient (Wildman–Crippen LogP) is 2.84. The van der Waals surface area contributed by atoms with Gasteiger partial charge in [-0.25, -0.2) is 0 Å². The summed E-state index contributed by atoms with van der Waals surface area (Å²) in [6, 6.07) is 0. The fraction of sp³-hybridized carbons (Fsp3) is 1.00. The van der Waals surface area contributed by atoms with E-state index in [1.165, 1.54) is 0 Å². The average Bonchev–Trinajstić information content (AvgIpc) is 1.63. The minimum absolute atomic E-state index is 0.0709. The molecule has 0 radical (unpaired) electrons. The van der Waals surface area contributed by atoms with E-state index in [0.717, 1.165) is 11.8 Å². The van der Waals surface area contributed by atoms with E-state index in [1.807, 2.05) is 0 Å². The zero-order valence-corrected chi connectivity index (χ0v) is 9.92. The molecule has 0 unspecified atom stereocenters. The normalized spacial score (nSPS) is 10.4. The molecule has 0 aliphatic heterocycles. The van der Waals surface area contributed by atoms with E-state index in [2.05, 4.69) is 27.7 Å². The molecule has 0 aromatic heterocycles. The maximum atomic E-state index is 2.33. The van der Waals surface area contributed by atoms with E-state index in [1.54, 1.807) is 8.87 Å². The van der Waals surface area contributed by atoms with E-state index in [0.29, 0.717) is 0 Å². The van der Waals surface area contributed by atoms with Crippen LogP contribution in [0.2, 0.25) is 8.87 Å². The van der Waals surface area contributed by atoms with Gasteiger partial charge in [0.1, 0.15) is 0 Å². The van der Waals surface area contributed by atoms with Crippen molar-refractivity contribution in [2.45, 2.75) is 36.6 Å². The van der Waals surface area contributed by atoms with Gasteiger partial charge in [0, 0.05) is 0 Å². The van der Waals surface area contributed by atoms with Crippen molar-refractivity contribution in [1.82, 2.24) is 0 Å². The van der Waals surface area contributed by atoms with Crippen LogP contribution in [0.4, 0.5) is 0 Å². The molecule has 0 fully saturated rings. The van der Waals surface area contributed by atoms with Crippen LogP contribution < -0.4 is 0 Å². The molecule has 0 amide bonds. The summed E-state index contributed by atoms with van der Waals surface area (Å²) in [5.41, 5.74) is 0. The van der Waals surface area contributed by atoms with Crippen LogP contribution in [0.25, 0.3) is 0 Å². The molecule has 0 saturated heterocycles. The van der Waals surface area contributed by atoms with Crippen LogP contribution in [-0.2, 0) is 0 Å². The number of rotatable bonds is 4. The van der Waals surface area contributed by atoms with Crippen LogP contribution in [0, 0.1) is 11.8 Å². The number of hydrogen-bond acceptors (Lipinski definition) is 0. The molecular formula is C8H18Sn+2. The first kappa shape index (κ1) is 9.80. The van der Waals surface area contributed by atoms with Crippen molar-refractivity contribution >= 4 is 21.1 Å². The molecule has 0 bridgehead atoms. The molecule has 1 heteroatoms.